The first kappa shape index (κ1) is 180. The molecular weight excluding hydrogens is 1250 g/mol. The largest absolute Gasteiger partial charge is 0.481 e. The lowest BCUT2D eigenvalue weighted by atomic mass is 10.1. The fourth-order valence-electron chi connectivity index (χ4n) is 5.92. The van der Waals surface area contributed by atoms with Crippen LogP contribution in [0.15, 0.2) is 0 Å². The first-order valence-corrected chi connectivity index (χ1v) is 30.7. The summed E-state index contributed by atoms with van der Waals surface area (Å²) in [4.78, 5) is 60.6. The van der Waals surface area contributed by atoms with E-state index in [1.54, 1.807) is 28.2 Å². The number of hydrogen-bond acceptors (Lipinski definition) is 18. The number of nitrogens with one attached hydrogen (secondary N) is 6. The molecule has 0 bridgehead atoms. The zero-order valence-corrected chi connectivity index (χ0v) is 59.1. The zero-order valence-electron chi connectivity index (χ0n) is 59.1. The van der Waals surface area contributed by atoms with Crippen LogP contribution in [0.5, 0.6) is 0 Å². The quantitative estimate of drug-likeness (QED) is 0.0452. The minimum absolute atomic E-state index is 0. The highest BCUT2D eigenvalue weighted by Crippen LogP contribution is 2.26. The fourth-order valence-corrected chi connectivity index (χ4v) is 5.92. The number of hydrogen-bond donors (Lipinski definition) is 18. The van der Waals surface area contributed by atoms with E-state index in [0.717, 1.165) is 148 Å². The van der Waals surface area contributed by atoms with Crippen LogP contribution >= 0.6 is 0 Å². The predicted octanol–water partition coefficient (Wildman–Crippen LogP) is 8.35. The topological polar surface area (TPSA) is 641 Å². The van der Waals surface area contributed by atoms with Gasteiger partial charge in [0.2, 0.25) is 0 Å². The van der Waals surface area contributed by atoms with Gasteiger partial charge in [0, 0.05) is 52.9 Å². The van der Waals surface area contributed by atoms with E-state index in [4.69, 9.17) is 53.6 Å². The summed E-state index contributed by atoms with van der Waals surface area (Å²) in [6.07, 6.45) is 22.6. The summed E-state index contributed by atoms with van der Waals surface area (Å²) in [5, 5.41) is 66.6. The molecule has 0 aromatic carbocycles. The van der Waals surface area contributed by atoms with Gasteiger partial charge in [-0.05, 0) is 106 Å². The molecule has 36 N–H and O–H groups in total. The molecule has 0 aliphatic heterocycles. The van der Waals surface area contributed by atoms with Crippen molar-refractivity contribution in [1.29, 1.82) is 0 Å². The van der Waals surface area contributed by atoms with E-state index in [1.807, 2.05) is 83.3 Å². The highest BCUT2D eigenvalue weighted by atomic mass is 16.4. The Hall–Kier alpha value is -3.90. The molecule has 0 spiro atoms. The van der Waals surface area contributed by atoms with Crippen molar-refractivity contribution in [3.8, 4) is 0 Å². The van der Waals surface area contributed by atoms with Crippen molar-refractivity contribution in [1.82, 2.24) is 31.9 Å². The summed E-state index contributed by atoms with van der Waals surface area (Å²) in [6, 6.07) is 0. The van der Waals surface area contributed by atoms with Gasteiger partial charge in [0.15, 0.2) is 0 Å². The molecule has 4 aliphatic rings. The molecule has 4 saturated carbocycles. The average Bonchev–Trinajstić information content (AvgIpc) is 4.38. The van der Waals surface area contributed by atoms with Crippen LogP contribution in [-0.2, 0) is 28.8 Å². The van der Waals surface area contributed by atoms with Crippen molar-refractivity contribution >= 4 is 35.8 Å². The summed E-state index contributed by atoms with van der Waals surface area (Å²) < 4.78 is 0. The van der Waals surface area contributed by atoms with Gasteiger partial charge in [-0.25, -0.2) is 0 Å². The van der Waals surface area contributed by atoms with Crippen LogP contribution in [0.1, 0.15) is 297 Å². The van der Waals surface area contributed by atoms with Crippen LogP contribution in [0.2, 0.25) is 0 Å². The van der Waals surface area contributed by atoms with E-state index >= 15 is 0 Å². The molecule has 618 valence electrons. The molecule has 0 unspecified atom stereocenters. The van der Waals surface area contributed by atoms with Gasteiger partial charge in [0.05, 0.1) is 23.7 Å². The Labute approximate surface area is 595 Å². The van der Waals surface area contributed by atoms with Crippen LogP contribution in [0.4, 0.5) is 0 Å². The lowest BCUT2D eigenvalue weighted by Crippen LogP contribution is -2.21. The van der Waals surface area contributed by atoms with Gasteiger partial charge in [-0.2, -0.15) is 0 Å². The van der Waals surface area contributed by atoms with Crippen LogP contribution in [0, 0.1) is 23.7 Å². The van der Waals surface area contributed by atoms with Crippen molar-refractivity contribution in [3.63, 3.8) is 0 Å². The summed E-state index contributed by atoms with van der Waals surface area (Å²) >= 11 is 0. The van der Waals surface area contributed by atoms with Crippen LogP contribution < -0.4 is 66.3 Å². The summed E-state index contributed by atoms with van der Waals surface area (Å²) in [5.41, 5.74) is 28.9. The molecule has 0 atom stereocenters. The third-order valence-corrected chi connectivity index (χ3v) is 9.98. The Morgan fingerprint density at radius 1 is 0.302 bits per heavy atom. The van der Waals surface area contributed by atoms with Gasteiger partial charge in [0.25, 0.3) is 0 Å². The third kappa shape index (κ3) is 227. The van der Waals surface area contributed by atoms with E-state index in [0.29, 0.717) is 39.5 Å². The molecule has 96 heavy (non-hydrogen) atoms. The smallest absolute Gasteiger partial charge is 0.306 e. The third-order valence-electron chi connectivity index (χ3n) is 9.98. The van der Waals surface area contributed by atoms with Gasteiger partial charge < -0.3 is 130 Å². The second-order valence-corrected chi connectivity index (χ2v) is 16.3. The predicted molar refractivity (Wildman–Crippen MR) is 423 cm³/mol. The maximum Gasteiger partial charge on any atom is 0.306 e. The molecule has 0 amide bonds. The first-order valence-electron chi connectivity index (χ1n) is 30.7. The minimum atomic E-state index is -0.682. The van der Waals surface area contributed by atoms with Crippen LogP contribution in [0.25, 0.3) is 0 Å². The lowest BCUT2D eigenvalue weighted by molar-refractivity contribution is -0.142. The van der Waals surface area contributed by atoms with Gasteiger partial charge in [-0.1, -0.05) is 220 Å². The summed E-state index contributed by atoms with van der Waals surface area (Å²) in [6.45, 7) is 27.5. The molecule has 4 aliphatic carbocycles. The molecule has 0 aromatic rings. The molecule has 0 saturated heterocycles. The number of rotatable bonds is 18. The van der Waals surface area contributed by atoms with Crippen molar-refractivity contribution in [2.75, 3.05) is 82.3 Å². The summed E-state index contributed by atoms with van der Waals surface area (Å²) in [7, 11) is 11.0. The van der Waals surface area contributed by atoms with Crippen molar-refractivity contribution in [3.05, 3.63) is 0 Å². The number of nitrogens with two attached hydrogens (primary N) is 6. The van der Waals surface area contributed by atoms with Crippen molar-refractivity contribution in [2.45, 2.75) is 297 Å². The maximum absolute atomic E-state index is 10.2. The molecular formula is C66H186N12O18. The molecule has 30 nitrogen and oxygen atoms in total. The molecule has 0 radical (unpaired) electrons. The second-order valence-electron chi connectivity index (χ2n) is 16.3. The van der Waals surface area contributed by atoms with E-state index in [-0.39, 0.29) is 123 Å². The normalized spacial score (nSPS) is 10.9. The van der Waals surface area contributed by atoms with E-state index in [1.165, 1.54) is 0 Å². The molecule has 30 heteroatoms. The molecule has 0 aromatic heterocycles. The van der Waals surface area contributed by atoms with Crippen LogP contribution in [0.3, 0.4) is 0 Å². The van der Waals surface area contributed by atoms with E-state index in [2.05, 4.69) is 57.2 Å². The van der Waals surface area contributed by atoms with Gasteiger partial charge >= 0.3 is 35.8 Å². The van der Waals surface area contributed by atoms with E-state index in [9.17, 15) is 28.8 Å². The number of unbranched alkanes of at least 4 members (excludes halogenated alkanes) is 4. The fraction of sp³-hybridized carbons (Fsp3) is 0.909. The zero-order chi connectivity index (χ0) is 67.2. The lowest BCUT2D eigenvalue weighted by Gasteiger charge is -1.97. The number of carboxylic acids is 6. The molecule has 4 rings (SSSR count). The van der Waals surface area contributed by atoms with Gasteiger partial charge in [-0.15, -0.1) is 0 Å². The Morgan fingerprint density at radius 2 is 0.427 bits per heavy atom. The van der Waals surface area contributed by atoms with E-state index < -0.39 is 35.8 Å². The number of aliphatic carboxylic acids is 6. The van der Waals surface area contributed by atoms with Crippen LogP contribution in [-0.4, -0.2) is 182 Å². The number of carboxylic acid groups (broad SMARTS) is 6. The van der Waals surface area contributed by atoms with Gasteiger partial charge in [0.1, 0.15) is 0 Å². The second kappa shape index (κ2) is 192. The van der Waals surface area contributed by atoms with Gasteiger partial charge in [-0.3, -0.25) is 28.8 Å². The Balaban J connectivity index is -0.0000000213. The number of carbonyl (C=O) groups is 6. The molecule has 0 heterocycles. The monoisotopic (exact) mass is 1440 g/mol. The van der Waals surface area contributed by atoms with Crippen molar-refractivity contribution in [2.24, 2.45) is 58.1 Å². The standard InChI is InChI=1S/4C6H10O2.2C6H12O2.C3H10N2.4C2H8N2.5C2H6.CH6N2.8CH4.6H2O/c4*7-6(8)5-3-1-2-4-5;2*1-2-3-4-5-6(7)8;1-4-3-5-2;4*1-4-2-3;5*1-2;2-1-3;;;;;;;;;;;;;;/h4*5H,1-4H2,(H,7,8);2*2-5H2,1H3,(H,7,8);4-5H,3H2,1-2H3;4*4H,2-3H2,1H3;5*1-2H3;1-3H2;8*1H4;6*1H2. The highest BCUT2D eigenvalue weighted by Gasteiger charge is 2.23. The maximum atomic E-state index is 10.2. The van der Waals surface area contributed by atoms with Crippen molar-refractivity contribution < 1.29 is 92.3 Å². The Kier molecular flexibility index (Phi) is 360. The highest BCUT2D eigenvalue weighted by molar-refractivity contribution is 5.71. The average molecular weight is 1440 g/mol. The Bertz CT molecular complexity index is 991. The minimum Gasteiger partial charge on any atom is -0.481 e. The molecule has 4 fully saturated rings. The Morgan fingerprint density at radius 3 is 0.479 bits per heavy atom. The first-order chi connectivity index (χ1) is 39.2. The summed E-state index contributed by atoms with van der Waals surface area (Å²) in [5.74, 6) is -3.87. The SMILES string of the molecule is C.C.C.C.C.C.C.C.CC.CC.CC.CC.CC.CCCCCC(=O)O.CCCCCC(=O)O.CNCN.CNCN.CNCN.CNCN.CNCNC.NCN.O.O.O.O.O.O.O=C(O)C1CCCC1.O=C(O)C1CCCC1.O=C(O)C1CCCC1.O=C(O)C1CCCC1.